The first-order valence-corrected chi connectivity index (χ1v) is 9.90. The molecule has 0 saturated heterocycles. The van der Waals surface area contributed by atoms with Crippen LogP contribution in [0.2, 0.25) is 0 Å². The van der Waals surface area contributed by atoms with Gasteiger partial charge in [0.05, 0.1) is 25.2 Å². The molecule has 5 atom stereocenters. The van der Waals surface area contributed by atoms with Crippen LogP contribution < -0.4 is 21.7 Å². The molecule has 13 nitrogen and oxygen atoms in total. The fraction of sp³-hybridized carbons (Fsp3) is 0.450. The van der Waals surface area contributed by atoms with Crippen LogP contribution >= 0.6 is 0 Å². The SMILES string of the molecule is CC(O)C(NC(=O)C(N)CC(=O)O)C(=O)NC(Cc1ccccc1)C(=O)NC(CO)C(=O)O. The zero-order valence-electron chi connectivity index (χ0n) is 17.8. The van der Waals surface area contributed by atoms with Crippen LogP contribution in [-0.2, 0) is 30.4 Å². The Morgan fingerprint density at radius 1 is 0.909 bits per heavy atom. The quantitative estimate of drug-likeness (QED) is 0.146. The zero-order chi connectivity index (χ0) is 25.1. The van der Waals surface area contributed by atoms with E-state index in [1.807, 2.05) is 0 Å². The Labute approximate surface area is 189 Å². The van der Waals surface area contributed by atoms with Gasteiger partial charge in [-0.1, -0.05) is 30.3 Å². The first-order valence-electron chi connectivity index (χ1n) is 9.90. The van der Waals surface area contributed by atoms with Crippen molar-refractivity contribution in [2.45, 2.75) is 50.0 Å². The van der Waals surface area contributed by atoms with Gasteiger partial charge in [0, 0.05) is 6.42 Å². The van der Waals surface area contributed by atoms with E-state index in [1.165, 1.54) is 6.92 Å². The second-order valence-electron chi connectivity index (χ2n) is 7.26. The highest BCUT2D eigenvalue weighted by atomic mass is 16.4. The fourth-order valence-corrected chi connectivity index (χ4v) is 2.72. The van der Waals surface area contributed by atoms with Gasteiger partial charge in [-0.05, 0) is 12.5 Å². The van der Waals surface area contributed by atoms with Crippen molar-refractivity contribution in [3.63, 3.8) is 0 Å². The molecule has 0 fully saturated rings. The topological polar surface area (TPSA) is 228 Å². The van der Waals surface area contributed by atoms with E-state index in [9.17, 15) is 29.1 Å². The van der Waals surface area contributed by atoms with Gasteiger partial charge in [0.1, 0.15) is 18.1 Å². The molecule has 0 aromatic heterocycles. The summed E-state index contributed by atoms with van der Waals surface area (Å²) in [6.45, 7) is 0.298. The number of carbonyl (C=O) groups is 5. The van der Waals surface area contributed by atoms with Crippen LogP contribution in [0.4, 0.5) is 0 Å². The van der Waals surface area contributed by atoms with Crippen LogP contribution in [-0.4, -0.2) is 87.0 Å². The Balaban J connectivity index is 3.04. The van der Waals surface area contributed by atoms with Crippen molar-refractivity contribution in [2.75, 3.05) is 6.61 Å². The normalized spacial score (nSPS) is 15.3. The van der Waals surface area contributed by atoms with Gasteiger partial charge in [0.25, 0.3) is 0 Å². The van der Waals surface area contributed by atoms with E-state index in [1.54, 1.807) is 30.3 Å². The molecule has 182 valence electrons. The van der Waals surface area contributed by atoms with Crippen molar-refractivity contribution in [3.8, 4) is 0 Å². The number of rotatable bonds is 13. The number of hydrogen-bond acceptors (Lipinski definition) is 8. The van der Waals surface area contributed by atoms with Crippen molar-refractivity contribution < 1.29 is 44.4 Å². The average Bonchev–Trinajstić information content (AvgIpc) is 2.74. The minimum Gasteiger partial charge on any atom is -0.481 e. The summed E-state index contributed by atoms with van der Waals surface area (Å²) in [5.74, 6) is -5.75. The Hall–Kier alpha value is -3.55. The summed E-state index contributed by atoms with van der Waals surface area (Å²) in [5.41, 5.74) is 6.07. The molecule has 0 bridgehead atoms. The molecule has 9 N–H and O–H groups in total. The molecule has 0 saturated carbocycles. The summed E-state index contributed by atoms with van der Waals surface area (Å²) in [6.07, 6.45) is -2.23. The molecule has 5 unspecified atom stereocenters. The number of aliphatic hydroxyl groups excluding tert-OH is 2. The van der Waals surface area contributed by atoms with Crippen molar-refractivity contribution in [1.82, 2.24) is 16.0 Å². The van der Waals surface area contributed by atoms with Gasteiger partial charge >= 0.3 is 11.9 Å². The zero-order valence-corrected chi connectivity index (χ0v) is 17.8. The highest BCUT2D eigenvalue weighted by molar-refractivity contribution is 5.95. The van der Waals surface area contributed by atoms with Crippen LogP contribution in [0.15, 0.2) is 30.3 Å². The number of carboxylic acid groups (broad SMARTS) is 2. The van der Waals surface area contributed by atoms with E-state index in [-0.39, 0.29) is 6.42 Å². The highest BCUT2D eigenvalue weighted by Gasteiger charge is 2.32. The van der Waals surface area contributed by atoms with Gasteiger partial charge in [-0.15, -0.1) is 0 Å². The van der Waals surface area contributed by atoms with E-state index >= 15 is 0 Å². The number of carboxylic acids is 2. The van der Waals surface area contributed by atoms with Gasteiger partial charge in [0.2, 0.25) is 17.7 Å². The van der Waals surface area contributed by atoms with Crippen molar-refractivity contribution in [1.29, 1.82) is 0 Å². The molecule has 3 amide bonds. The summed E-state index contributed by atoms with van der Waals surface area (Å²) >= 11 is 0. The summed E-state index contributed by atoms with van der Waals surface area (Å²) in [7, 11) is 0. The Bertz CT molecular complexity index is 847. The van der Waals surface area contributed by atoms with Crippen LogP contribution in [0, 0.1) is 0 Å². The van der Waals surface area contributed by atoms with Gasteiger partial charge < -0.3 is 42.1 Å². The Kier molecular flexibility index (Phi) is 10.9. The Morgan fingerprint density at radius 2 is 1.48 bits per heavy atom. The molecule has 0 heterocycles. The average molecular weight is 468 g/mol. The number of benzene rings is 1. The maximum absolute atomic E-state index is 12.8. The predicted molar refractivity (Wildman–Crippen MR) is 113 cm³/mol. The first kappa shape index (κ1) is 27.5. The number of aliphatic carboxylic acids is 2. The number of carbonyl (C=O) groups excluding carboxylic acids is 3. The molecular formula is C20H28N4O9. The van der Waals surface area contributed by atoms with E-state index in [0.29, 0.717) is 5.56 Å². The van der Waals surface area contributed by atoms with E-state index in [4.69, 9.17) is 21.1 Å². The lowest BCUT2D eigenvalue weighted by Crippen LogP contribution is -2.60. The molecule has 0 radical (unpaired) electrons. The standard InChI is InChI=1S/C20H28N4O9/c1-10(26)16(24-17(29)12(21)8-15(27)28)19(31)22-13(7-11-5-3-2-4-6-11)18(30)23-14(9-25)20(32)33/h2-6,10,12-14,16,25-26H,7-9,21H2,1H3,(H,22,31)(H,23,30)(H,24,29)(H,27,28)(H,32,33). The molecule has 1 rings (SSSR count). The van der Waals surface area contributed by atoms with E-state index in [0.717, 1.165) is 0 Å². The van der Waals surface area contributed by atoms with Gasteiger partial charge in [0.15, 0.2) is 0 Å². The van der Waals surface area contributed by atoms with Crippen LogP contribution in [0.3, 0.4) is 0 Å². The Morgan fingerprint density at radius 3 is 1.97 bits per heavy atom. The van der Waals surface area contributed by atoms with Crippen molar-refractivity contribution in [3.05, 3.63) is 35.9 Å². The second kappa shape index (κ2) is 13.1. The molecule has 1 aromatic carbocycles. The van der Waals surface area contributed by atoms with Gasteiger partial charge in [-0.2, -0.15) is 0 Å². The fourth-order valence-electron chi connectivity index (χ4n) is 2.72. The van der Waals surface area contributed by atoms with Gasteiger partial charge in [-0.25, -0.2) is 4.79 Å². The third kappa shape index (κ3) is 9.22. The summed E-state index contributed by atoms with van der Waals surface area (Å²) in [6, 6.07) is 2.39. The molecule has 33 heavy (non-hydrogen) atoms. The summed E-state index contributed by atoms with van der Waals surface area (Å²) < 4.78 is 0. The van der Waals surface area contributed by atoms with E-state index < -0.39 is 73.0 Å². The summed E-state index contributed by atoms with van der Waals surface area (Å²) in [5, 5.41) is 43.5. The number of nitrogens with one attached hydrogen (secondary N) is 3. The molecule has 1 aromatic rings. The molecule has 13 heteroatoms. The minimum atomic E-state index is -1.62. The maximum Gasteiger partial charge on any atom is 0.328 e. The smallest absolute Gasteiger partial charge is 0.328 e. The van der Waals surface area contributed by atoms with E-state index in [2.05, 4.69) is 16.0 Å². The van der Waals surface area contributed by atoms with Crippen LogP contribution in [0.5, 0.6) is 0 Å². The van der Waals surface area contributed by atoms with Gasteiger partial charge in [-0.3, -0.25) is 19.2 Å². The lowest BCUT2D eigenvalue weighted by molar-refractivity contribution is -0.143. The van der Waals surface area contributed by atoms with Crippen LogP contribution in [0.1, 0.15) is 18.9 Å². The lowest BCUT2D eigenvalue weighted by Gasteiger charge is -2.26. The van der Waals surface area contributed by atoms with Crippen molar-refractivity contribution >= 4 is 29.7 Å². The molecule has 0 aliphatic rings. The summed E-state index contributed by atoms with van der Waals surface area (Å²) in [4.78, 5) is 59.4. The second-order valence-corrected chi connectivity index (χ2v) is 7.26. The predicted octanol–water partition coefficient (Wildman–Crippen LogP) is -3.06. The number of hydrogen-bond donors (Lipinski definition) is 8. The number of nitrogens with two attached hydrogens (primary N) is 1. The number of aliphatic hydroxyl groups is 2. The number of amides is 3. The largest absolute Gasteiger partial charge is 0.481 e. The van der Waals surface area contributed by atoms with Crippen molar-refractivity contribution in [2.24, 2.45) is 5.73 Å². The van der Waals surface area contributed by atoms with Crippen LogP contribution in [0.25, 0.3) is 0 Å². The third-order valence-electron chi connectivity index (χ3n) is 4.51. The molecule has 0 aliphatic carbocycles. The molecular weight excluding hydrogens is 440 g/mol. The molecule has 0 aliphatic heterocycles. The minimum absolute atomic E-state index is 0.0742. The molecule has 0 spiro atoms. The monoisotopic (exact) mass is 468 g/mol. The lowest BCUT2D eigenvalue weighted by atomic mass is 10.0. The highest BCUT2D eigenvalue weighted by Crippen LogP contribution is 2.06. The maximum atomic E-state index is 12.8. The third-order valence-corrected chi connectivity index (χ3v) is 4.51. The first-order chi connectivity index (χ1) is 15.5.